The fourth-order valence-electron chi connectivity index (χ4n) is 0.578. The maximum Gasteiger partial charge on any atom is 0.0483 e. The summed E-state index contributed by atoms with van der Waals surface area (Å²) in [5.41, 5.74) is 3.14. The van der Waals surface area contributed by atoms with Gasteiger partial charge in [0.15, 0.2) is 0 Å². The van der Waals surface area contributed by atoms with Crippen LogP contribution in [-0.2, 0) is 0 Å². The van der Waals surface area contributed by atoms with Gasteiger partial charge < -0.3 is 0 Å². The van der Waals surface area contributed by atoms with E-state index in [1.54, 1.807) is 11.8 Å². The van der Waals surface area contributed by atoms with Crippen LogP contribution in [0.3, 0.4) is 0 Å². The SMILES string of the molecule is CSC1=C=CCC=C1. The molecule has 0 N–H and O–H groups in total. The lowest BCUT2D eigenvalue weighted by Crippen LogP contribution is -1.69. The first-order valence-electron chi connectivity index (χ1n) is 2.59. The fraction of sp³-hybridized carbons (Fsp3) is 0.286. The summed E-state index contributed by atoms with van der Waals surface area (Å²) in [7, 11) is 0. The molecule has 1 aliphatic rings. The molecule has 0 spiro atoms. The van der Waals surface area contributed by atoms with Gasteiger partial charge in [0.1, 0.15) is 0 Å². The minimum absolute atomic E-state index is 1.05. The highest BCUT2D eigenvalue weighted by atomic mass is 32.2. The average Bonchev–Trinajstić information content (AvgIpc) is 1.90. The summed E-state index contributed by atoms with van der Waals surface area (Å²) < 4.78 is 0. The molecule has 0 aromatic carbocycles. The van der Waals surface area contributed by atoms with Gasteiger partial charge >= 0.3 is 0 Å². The maximum atomic E-state index is 3.14. The van der Waals surface area contributed by atoms with Gasteiger partial charge in [0, 0.05) is 4.91 Å². The molecule has 0 aromatic heterocycles. The van der Waals surface area contributed by atoms with E-state index < -0.39 is 0 Å². The topological polar surface area (TPSA) is 0 Å². The Labute approximate surface area is 54.0 Å². The zero-order valence-electron chi connectivity index (χ0n) is 4.85. The summed E-state index contributed by atoms with van der Waals surface area (Å²) in [6, 6.07) is 0. The van der Waals surface area contributed by atoms with Gasteiger partial charge in [-0.05, 0) is 24.8 Å². The quantitative estimate of drug-likeness (QED) is 0.483. The Hall–Kier alpha value is -0.390. The minimum atomic E-state index is 1.05. The van der Waals surface area contributed by atoms with Crippen molar-refractivity contribution >= 4 is 11.8 Å². The second-order valence-corrected chi connectivity index (χ2v) is 2.40. The summed E-state index contributed by atoms with van der Waals surface area (Å²) in [5.74, 6) is 0. The molecule has 1 rings (SSSR count). The minimum Gasteiger partial charge on any atom is -0.121 e. The zero-order chi connectivity index (χ0) is 5.82. The van der Waals surface area contributed by atoms with Crippen molar-refractivity contribution in [3.8, 4) is 0 Å². The van der Waals surface area contributed by atoms with Gasteiger partial charge in [0.2, 0.25) is 0 Å². The van der Waals surface area contributed by atoms with Crippen molar-refractivity contribution in [2.75, 3.05) is 6.26 Å². The number of hydrogen-bond donors (Lipinski definition) is 0. The molecule has 0 fully saturated rings. The molecule has 0 heterocycles. The van der Waals surface area contributed by atoms with E-state index in [4.69, 9.17) is 0 Å². The Morgan fingerprint density at radius 3 is 3.00 bits per heavy atom. The average molecular weight is 124 g/mol. The summed E-state index contributed by atoms with van der Waals surface area (Å²) in [6.07, 6.45) is 9.40. The lowest BCUT2D eigenvalue weighted by molar-refractivity contribution is 1.38. The third-order valence-electron chi connectivity index (χ3n) is 0.987. The lowest BCUT2D eigenvalue weighted by Gasteiger charge is -1.92. The van der Waals surface area contributed by atoms with E-state index in [9.17, 15) is 0 Å². The highest BCUT2D eigenvalue weighted by molar-refractivity contribution is 8.02. The summed E-state index contributed by atoms with van der Waals surface area (Å²) in [5, 5.41) is 0. The summed E-state index contributed by atoms with van der Waals surface area (Å²) in [6.45, 7) is 0. The Morgan fingerprint density at radius 2 is 2.62 bits per heavy atom. The second kappa shape index (κ2) is 2.81. The third-order valence-corrected chi connectivity index (χ3v) is 1.68. The first-order valence-corrected chi connectivity index (χ1v) is 3.81. The molecule has 1 heteroatoms. The third kappa shape index (κ3) is 1.29. The molecule has 0 saturated carbocycles. The van der Waals surface area contributed by atoms with Crippen molar-refractivity contribution in [3.05, 3.63) is 28.9 Å². The molecule has 42 valence electrons. The Bertz CT molecular complexity index is 159. The van der Waals surface area contributed by atoms with Crippen molar-refractivity contribution in [2.24, 2.45) is 0 Å². The van der Waals surface area contributed by atoms with Crippen molar-refractivity contribution in [3.63, 3.8) is 0 Å². The van der Waals surface area contributed by atoms with Crippen LogP contribution < -0.4 is 0 Å². The second-order valence-electron chi connectivity index (χ2n) is 1.55. The van der Waals surface area contributed by atoms with E-state index in [0.29, 0.717) is 0 Å². The number of allylic oxidation sites excluding steroid dienone is 2. The molecule has 0 aliphatic heterocycles. The Morgan fingerprint density at radius 1 is 1.75 bits per heavy atom. The van der Waals surface area contributed by atoms with Gasteiger partial charge in [-0.2, -0.15) is 0 Å². The molecule has 0 nitrogen and oxygen atoms in total. The Kier molecular flexibility index (Phi) is 2.01. The number of hydrogen-bond acceptors (Lipinski definition) is 1. The monoisotopic (exact) mass is 124 g/mol. The van der Waals surface area contributed by atoms with Gasteiger partial charge in [-0.25, -0.2) is 0 Å². The van der Waals surface area contributed by atoms with E-state index in [1.807, 2.05) is 6.08 Å². The molecule has 0 bridgehead atoms. The van der Waals surface area contributed by atoms with Crippen molar-refractivity contribution in [2.45, 2.75) is 6.42 Å². The Balaban J connectivity index is 2.75. The first kappa shape index (κ1) is 5.74. The van der Waals surface area contributed by atoms with Gasteiger partial charge in [-0.15, -0.1) is 17.5 Å². The molecule has 0 radical (unpaired) electrons. The molecule has 0 unspecified atom stereocenters. The van der Waals surface area contributed by atoms with Crippen molar-refractivity contribution in [1.82, 2.24) is 0 Å². The molecule has 0 atom stereocenters. The predicted molar refractivity (Wildman–Crippen MR) is 38.9 cm³/mol. The van der Waals surface area contributed by atoms with E-state index in [1.165, 1.54) is 4.91 Å². The number of thioether (sulfide) groups is 1. The van der Waals surface area contributed by atoms with Crippen molar-refractivity contribution in [1.29, 1.82) is 0 Å². The molecule has 8 heavy (non-hydrogen) atoms. The molecule has 0 amide bonds. The first-order chi connectivity index (χ1) is 3.93. The van der Waals surface area contributed by atoms with Crippen molar-refractivity contribution < 1.29 is 0 Å². The summed E-state index contributed by atoms with van der Waals surface area (Å²) >= 11 is 1.73. The van der Waals surface area contributed by atoms with Gasteiger partial charge in [-0.1, -0.05) is 6.08 Å². The van der Waals surface area contributed by atoms with Crippen LogP contribution in [0.25, 0.3) is 0 Å². The van der Waals surface area contributed by atoms with Crippen LogP contribution in [0.4, 0.5) is 0 Å². The van der Waals surface area contributed by atoms with Crippen LogP contribution in [0.1, 0.15) is 6.42 Å². The molecule has 0 saturated heterocycles. The van der Waals surface area contributed by atoms with Crippen LogP contribution in [0.5, 0.6) is 0 Å². The highest BCUT2D eigenvalue weighted by Crippen LogP contribution is 2.13. The van der Waals surface area contributed by atoms with E-state index >= 15 is 0 Å². The van der Waals surface area contributed by atoms with Crippen LogP contribution >= 0.6 is 11.8 Å². The van der Waals surface area contributed by atoms with E-state index in [2.05, 4.69) is 24.1 Å². The normalized spacial score (nSPS) is 16.4. The van der Waals surface area contributed by atoms with Crippen LogP contribution in [-0.4, -0.2) is 6.26 Å². The van der Waals surface area contributed by atoms with Gasteiger partial charge in [0.05, 0.1) is 0 Å². The van der Waals surface area contributed by atoms with Gasteiger partial charge in [-0.3, -0.25) is 0 Å². The standard InChI is InChI=1S/C7H8S/c1-8-7-5-3-2-4-6-7/h3-5H,2H2,1H3. The molecular formula is C7H8S. The predicted octanol–water partition coefficient (Wildman–Crippen LogP) is 2.35. The highest BCUT2D eigenvalue weighted by Gasteiger charge is 1.86. The lowest BCUT2D eigenvalue weighted by atomic mass is 10.3. The van der Waals surface area contributed by atoms with E-state index in [0.717, 1.165) is 6.42 Å². The van der Waals surface area contributed by atoms with Crippen LogP contribution in [0.2, 0.25) is 0 Å². The fourth-order valence-corrected chi connectivity index (χ4v) is 1.01. The molecule has 1 aliphatic carbocycles. The number of rotatable bonds is 1. The van der Waals surface area contributed by atoms with E-state index in [-0.39, 0.29) is 0 Å². The smallest absolute Gasteiger partial charge is 0.0483 e. The summed E-state index contributed by atoms with van der Waals surface area (Å²) in [4.78, 5) is 1.23. The molecular weight excluding hydrogens is 116 g/mol. The maximum absolute atomic E-state index is 3.14. The zero-order valence-corrected chi connectivity index (χ0v) is 5.66. The van der Waals surface area contributed by atoms with Gasteiger partial charge in [0.25, 0.3) is 0 Å². The largest absolute Gasteiger partial charge is 0.121 e. The van der Waals surface area contributed by atoms with Crippen LogP contribution in [0.15, 0.2) is 28.9 Å². The molecule has 0 aromatic rings. The van der Waals surface area contributed by atoms with Crippen LogP contribution in [0, 0.1) is 0 Å².